The molecule has 0 heterocycles. The maximum absolute atomic E-state index is 12.7. The molecule has 0 aromatic heterocycles. The maximum atomic E-state index is 12.7. The predicted molar refractivity (Wildman–Crippen MR) is 114 cm³/mol. The van der Waals surface area contributed by atoms with Crippen LogP contribution in [0.15, 0.2) is 29.3 Å². The van der Waals surface area contributed by atoms with Crippen LogP contribution in [0, 0.1) is 0 Å². The van der Waals surface area contributed by atoms with Gasteiger partial charge in [0.25, 0.3) is 0 Å². The summed E-state index contributed by atoms with van der Waals surface area (Å²) < 4.78 is 43.3. The zero-order chi connectivity index (χ0) is 20.5. The molecule has 1 rings (SSSR count). The number of aliphatic imine (C=N–C) groups is 1. The first-order valence-electron chi connectivity index (χ1n) is 8.59. The van der Waals surface area contributed by atoms with Crippen LogP contribution in [0.5, 0.6) is 0 Å². The van der Waals surface area contributed by atoms with Crippen molar-refractivity contribution < 1.29 is 22.7 Å². The third kappa shape index (κ3) is 11.2. The Balaban J connectivity index is 0.00000729. The smallest absolute Gasteiger partial charge is 0.416 e. The van der Waals surface area contributed by atoms with Gasteiger partial charge in [-0.15, -0.1) is 24.0 Å². The number of nitrogens with zero attached hydrogens (tertiary/aromatic N) is 1. The van der Waals surface area contributed by atoms with Crippen LogP contribution in [0.2, 0.25) is 0 Å². The van der Waals surface area contributed by atoms with Crippen LogP contribution >= 0.6 is 24.0 Å². The minimum atomic E-state index is -4.36. The van der Waals surface area contributed by atoms with E-state index < -0.39 is 23.4 Å². The number of carbonyl (C=O) groups is 1. The summed E-state index contributed by atoms with van der Waals surface area (Å²) in [5.41, 5.74) is -0.727. The number of hydrogen-bond acceptors (Lipinski definition) is 3. The van der Waals surface area contributed by atoms with E-state index in [2.05, 4.69) is 20.9 Å². The number of alkyl carbamates (subject to hydrolysis) is 1. The van der Waals surface area contributed by atoms with Gasteiger partial charge in [0.2, 0.25) is 0 Å². The Kier molecular flexibility index (Phi) is 11.2. The molecule has 0 saturated carbocycles. The van der Waals surface area contributed by atoms with E-state index in [9.17, 15) is 18.0 Å². The Morgan fingerprint density at radius 3 is 2.32 bits per heavy atom. The molecule has 1 aromatic carbocycles. The van der Waals surface area contributed by atoms with Crippen molar-refractivity contribution in [2.75, 3.05) is 20.1 Å². The SMILES string of the molecule is CN=C(NCCCNC(=O)OC(C)(C)C)NCc1cccc(C(F)(F)F)c1.I. The fourth-order valence-electron chi connectivity index (χ4n) is 2.06. The van der Waals surface area contributed by atoms with Gasteiger partial charge in [0.1, 0.15) is 5.60 Å². The minimum absolute atomic E-state index is 0. The molecule has 1 aromatic rings. The molecule has 10 heteroatoms. The summed E-state index contributed by atoms with van der Waals surface area (Å²) in [6, 6.07) is 5.12. The van der Waals surface area contributed by atoms with Crippen molar-refractivity contribution in [1.82, 2.24) is 16.0 Å². The number of benzene rings is 1. The molecule has 3 N–H and O–H groups in total. The zero-order valence-electron chi connectivity index (χ0n) is 16.4. The molecule has 28 heavy (non-hydrogen) atoms. The summed E-state index contributed by atoms with van der Waals surface area (Å²) in [6.45, 7) is 6.51. The lowest BCUT2D eigenvalue weighted by Crippen LogP contribution is -2.39. The number of amides is 1. The van der Waals surface area contributed by atoms with Crippen LogP contribution in [-0.2, 0) is 17.5 Å². The van der Waals surface area contributed by atoms with Crippen molar-refractivity contribution in [3.05, 3.63) is 35.4 Å². The quantitative estimate of drug-likeness (QED) is 0.232. The lowest BCUT2D eigenvalue weighted by atomic mass is 10.1. The van der Waals surface area contributed by atoms with E-state index in [-0.39, 0.29) is 30.5 Å². The average Bonchev–Trinajstić information content (AvgIpc) is 2.55. The minimum Gasteiger partial charge on any atom is -0.444 e. The third-order valence-electron chi connectivity index (χ3n) is 3.25. The molecular formula is C18H28F3IN4O2. The molecule has 0 aliphatic carbocycles. The lowest BCUT2D eigenvalue weighted by molar-refractivity contribution is -0.137. The zero-order valence-corrected chi connectivity index (χ0v) is 18.8. The average molecular weight is 516 g/mol. The van der Waals surface area contributed by atoms with Gasteiger partial charge in [-0.25, -0.2) is 4.79 Å². The fraction of sp³-hybridized carbons (Fsp3) is 0.556. The van der Waals surface area contributed by atoms with Gasteiger partial charge in [-0.3, -0.25) is 4.99 Å². The molecule has 1 amide bonds. The van der Waals surface area contributed by atoms with Crippen LogP contribution in [0.25, 0.3) is 0 Å². The number of halogens is 4. The van der Waals surface area contributed by atoms with Crippen molar-refractivity contribution in [3.63, 3.8) is 0 Å². The number of carbonyl (C=O) groups excluding carboxylic acids is 1. The molecule has 0 unspecified atom stereocenters. The van der Waals surface area contributed by atoms with E-state index in [1.807, 2.05) is 0 Å². The largest absolute Gasteiger partial charge is 0.444 e. The van der Waals surface area contributed by atoms with Gasteiger partial charge in [0.15, 0.2) is 5.96 Å². The molecule has 0 aliphatic rings. The van der Waals surface area contributed by atoms with Gasteiger partial charge in [0, 0.05) is 26.7 Å². The Morgan fingerprint density at radius 1 is 1.11 bits per heavy atom. The maximum Gasteiger partial charge on any atom is 0.416 e. The molecule has 0 atom stereocenters. The van der Waals surface area contributed by atoms with Crippen molar-refractivity contribution in [2.24, 2.45) is 4.99 Å². The number of nitrogens with one attached hydrogen (secondary N) is 3. The molecule has 0 spiro atoms. The van der Waals surface area contributed by atoms with Crippen molar-refractivity contribution in [1.29, 1.82) is 0 Å². The van der Waals surface area contributed by atoms with Gasteiger partial charge in [-0.05, 0) is 44.9 Å². The van der Waals surface area contributed by atoms with E-state index in [4.69, 9.17) is 4.74 Å². The number of hydrogen-bond donors (Lipinski definition) is 3. The first-order valence-corrected chi connectivity index (χ1v) is 8.59. The van der Waals surface area contributed by atoms with Crippen LogP contribution in [-0.4, -0.2) is 37.8 Å². The van der Waals surface area contributed by atoms with Crippen LogP contribution < -0.4 is 16.0 Å². The van der Waals surface area contributed by atoms with Crippen molar-refractivity contribution >= 4 is 36.0 Å². The highest BCUT2D eigenvalue weighted by atomic mass is 127. The summed E-state index contributed by atoms with van der Waals surface area (Å²) in [5.74, 6) is 0.463. The van der Waals surface area contributed by atoms with E-state index in [0.29, 0.717) is 31.0 Å². The number of alkyl halides is 3. The Morgan fingerprint density at radius 2 is 1.75 bits per heavy atom. The van der Waals surface area contributed by atoms with Crippen LogP contribution in [0.4, 0.5) is 18.0 Å². The molecule has 0 saturated heterocycles. The standard InChI is InChI=1S/C18H27F3N4O2.HI/c1-17(2,3)27-16(26)24-10-6-9-23-15(22-4)25-12-13-7-5-8-14(11-13)18(19,20)21;/h5,7-8,11H,6,9-10,12H2,1-4H3,(H,24,26)(H2,22,23,25);1H. The summed E-state index contributed by atoms with van der Waals surface area (Å²) >= 11 is 0. The normalized spacial score (nSPS) is 12.0. The molecular weight excluding hydrogens is 488 g/mol. The molecule has 0 aliphatic heterocycles. The lowest BCUT2D eigenvalue weighted by Gasteiger charge is -2.19. The van der Waals surface area contributed by atoms with Crippen LogP contribution in [0.3, 0.4) is 0 Å². The summed E-state index contributed by atoms with van der Waals surface area (Å²) in [4.78, 5) is 15.5. The van der Waals surface area contributed by atoms with Gasteiger partial charge >= 0.3 is 12.3 Å². The monoisotopic (exact) mass is 516 g/mol. The highest BCUT2D eigenvalue weighted by Gasteiger charge is 2.30. The highest BCUT2D eigenvalue weighted by molar-refractivity contribution is 14.0. The van der Waals surface area contributed by atoms with Gasteiger partial charge in [0.05, 0.1) is 5.56 Å². The summed E-state index contributed by atoms with van der Waals surface area (Å²) in [5, 5.41) is 8.63. The summed E-state index contributed by atoms with van der Waals surface area (Å²) in [6.07, 6.45) is -4.21. The van der Waals surface area contributed by atoms with E-state index in [0.717, 1.165) is 12.1 Å². The van der Waals surface area contributed by atoms with Gasteiger partial charge in [-0.1, -0.05) is 12.1 Å². The second-order valence-electron chi connectivity index (χ2n) is 6.83. The number of guanidine groups is 1. The van der Waals surface area contributed by atoms with Gasteiger partial charge in [-0.2, -0.15) is 13.2 Å². The highest BCUT2D eigenvalue weighted by Crippen LogP contribution is 2.29. The van der Waals surface area contributed by atoms with Crippen molar-refractivity contribution in [2.45, 2.75) is 45.5 Å². The van der Waals surface area contributed by atoms with Crippen LogP contribution in [0.1, 0.15) is 38.3 Å². The third-order valence-corrected chi connectivity index (χ3v) is 3.25. The molecule has 0 radical (unpaired) electrons. The van der Waals surface area contributed by atoms with Gasteiger partial charge < -0.3 is 20.7 Å². The van der Waals surface area contributed by atoms with E-state index in [1.165, 1.54) is 6.07 Å². The predicted octanol–water partition coefficient (Wildman–Crippen LogP) is 3.90. The Labute approximate surface area is 180 Å². The topological polar surface area (TPSA) is 74.8 Å². The number of ether oxygens (including phenoxy) is 1. The fourth-order valence-corrected chi connectivity index (χ4v) is 2.06. The summed E-state index contributed by atoms with van der Waals surface area (Å²) in [7, 11) is 1.57. The number of rotatable bonds is 6. The first-order chi connectivity index (χ1) is 12.5. The Bertz CT molecular complexity index is 646. The first kappa shape index (κ1) is 26.3. The Hall–Kier alpha value is -1.72. The molecule has 0 fully saturated rings. The van der Waals surface area contributed by atoms with E-state index in [1.54, 1.807) is 33.9 Å². The van der Waals surface area contributed by atoms with Crippen molar-refractivity contribution in [3.8, 4) is 0 Å². The second kappa shape index (κ2) is 12.0. The van der Waals surface area contributed by atoms with E-state index >= 15 is 0 Å². The molecule has 160 valence electrons. The molecule has 0 bridgehead atoms. The second-order valence-corrected chi connectivity index (χ2v) is 6.83. The molecule has 6 nitrogen and oxygen atoms in total.